The minimum atomic E-state index is -0.546. The zero-order valence-corrected chi connectivity index (χ0v) is 11.4. The van der Waals surface area contributed by atoms with E-state index in [9.17, 15) is 0 Å². The van der Waals surface area contributed by atoms with Gasteiger partial charge in [0.05, 0.1) is 5.54 Å². The minimum Gasteiger partial charge on any atom is -0.337 e. The van der Waals surface area contributed by atoms with Crippen LogP contribution >= 0.6 is 0 Å². The summed E-state index contributed by atoms with van der Waals surface area (Å²) in [5.41, 5.74) is 5.44. The molecule has 2 fully saturated rings. The number of fused-ring (bicyclic) bond motifs is 2. The van der Waals surface area contributed by atoms with Gasteiger partial charge in [-0.05, 0) is 46.6 Å². The third-order valence-corrected chi connectivity index (χ3v) is 4.46. The van der Waals surface area contributed by atoms with Gasteiger partial charge in [-0.2, -0.15) is 4.98 Å². The number of nitrogens with two attached hydrogens (primary N) is 1. The van der Waals surface area contributed by atoms with Gasteiger partial charge in [0.1, 0.15) is 0 Å². The molecule has 1 aromatic heterocycles. The molecule has 5 nitrogen and oxygen atoms in total. The number of aromatic nitrogens is 2. The van der Waals surface area contributed by atoms with Crippen LogP contribution in [-0.4, -0.2) is 34.2 Å². The number of nitrogens with zero attached hydrogens (tertiary/aromatic N) is 3. The van der Waals surface area contributed by atoms with Gasteiger partial charge in [0.2, 0.25) is 5.89 Å². The third kappa shape index (κ3) is 1.95. The molecule has 0 radical (unpaired) electrons. The SMILES string of the molecule is CN1C2CCC1CC(c1noc(C(C)(C)N)n1)C2. The van der Waals surface area contributed by atoms with Gasteiger partial charge in [-0.15, -0.1) is 0 Å². The van der Waals surface area contributed by atoms with Crippen LogP contribution < -0.4 is 5.73 Å². The Morgan fingerprint density at radius 1 is 1.28 bits per heavy atom. The van der Waals surface area contributed by atoms with Gasteiger partial charge in [-0.25, -0.2) is 0 Å². The lowest BCUT2D eigenvalue weighted by Crippen LogP contribution is -2.39. The lowest BCUT2D eigenvalue weighted by molar-refractivity contribution is 0.157. The molecule has 18 heavy (non-hydrogen) atoms. The second-order valence-corrected chi connectivity index (χ2v) is 6.40. The van der Waals surface area contributed by atoms with E-state index in [1.807, 2.05) is 13.8 Å². The molecule has 2 saturated heterocycles. The molecule has 0 amide bonds. The molecule has 2 N–H and O–H groups in total. The van der Waals surface area contributed by atoms with Gasteiger partial charge in [-0.1, -0.05) is 5.16 Å². The van der Waals surface area contributed by atoms with Crippen LogP contribution in [0.25, 0.3) is 0 Å². The van der Waals surface area contributed by atoms with Crippen molar-refractivity contribution < 1.29 is 4.52 Å². The van der Waals surface area contributed by atoms with Crippen LogP contribution in [0.2, 0.25) is 0 Å². The molecule has 5 heteroatoms. The van der Waals surface area contributed by atoms with Crippen molar-refractivity contribution in [2.45, 2.75) is 63.1 Å². The summed E-state index contributed by atoms with van der Waals surface area (Å²) in [4.78, 5) is 7.02. The Labute approximate surface area is 108 Å². The van der Waals surface area contributed by atoms with Crippen molar-refractivity contribution in [3.8, 4) is 0 Å². The van der Waals surface area contributed by atoms with Gasteiger partial charge in [0, 0.05) is 18.0 Å². The summed E-state index contributed by atoms with van der Waals surface area (Å²) in [6.07, 6.45) is 4.92. The fraction of sp³-hybridized carbons (Fsp3) is 0.846. The monoisotopic (exact) mass is 250 g/mol. The highest BCUT2D eigenvalue weighted by Gasteiger charge is 2.40. The number of rotatable bonds is 2. The predicted molar refractivity (Wildman–Crippen MR) is 68.1 cm³/mol. The molecular formula is C13H22N4O. The van der Waals surface area contributed by atoms with Crippen molar-refractivity contribution in [1.29, 1.82) is 0 Å². The normalized spacial score (nSPS) is 33.0. The van der Waals surface area contributed by atoms with Crippen molar-refractivity contribution in [1.82, 2.24) is 15.0 Å². The number of hydrogen-bond donors (Lipinski definition) is 1. The van der Waals surface area contributed by atoms with Gasteiger partial charge < -0.3 is 15.2 Å². The summed E-state index contributed by atoms with van der Waals surface area (Å²) < 4.78 is 5.30. The van der Waals surface area contributed by atoms with Crippen molar-refractivity contribution in [2.24, 2.45) is 5.73 Å². The molecule has 2 aliphatic rings. The first-order chi connectivity index (χ1) is 8.45. The topological polar surface area (TPSA) is 68.2 Å². The van der Waals surface area contributed by atoms with Crippen LogP contribution in [0.15, 0.2) is 4.52 Å². The van der Waals surface area contributed by atoms with Crippen molar-refractivity contribution in [3.05, 3.63) is 11.7 Å². The Morgan fingerprint density at radius 2 is 1.89 bits per heavy atom. The molecule has 0 spiro atoms. The fourth-order valence-corrected chi connectivity index (χ4v) is 3.28. The van der Waals surface area contributed by atoms with Gasteiger partial charge in [0.15, 0.2) is 5.82 Å². The van der Waals surface area contributed by atoms with Crippen LogP contribution in [0.1, 0.15) is 57.2 Å². The van der Waals surface area contributed by atoms with Crippen LogP contribution in [0.3, 0.4) is 0 Å². The second-order valence-electron chi connectivity index (χ2n) is 6.40. The van der Waals surface area contributed by atoms with Gasteiger partial charge >= 0.3 is 0 Å². The molecule has 0 aliphatic carbocycles. The summed E-state index contributed by atoms with van der Waals surface area (Å²) in [5, 5.41) is 4.14. The average Bonchev–Trinajstić information content (AvgIpc) is 2.82. The fourth-order valence-electron chi connectivity index (χ4n) is 3.28. The Morgan fingerprint density at radius 3 is 2.39 bits per heavy atom. The quantitative estimate of drug-likeness (QED) is 0.863. The molecular weight excluding hydrogens is 228 g/mol. The van der Waals surface area contributed by atoms with E-state index in [2.05, 4.69) is 22.1 Å². The van der Waals surface area contributed by atoms with Gasteiger partial charge in [0.25, 0.3) is 0 Å². The maximum atomic E-state index is 5.98. The largest absolute Gasteiger partial charge is 0.337 e. The van der Waals surface area contributed by atoms with E-state index < -0.39 is 5.54 Å². The summed E-state index contributed by atoms with van der Waals surface area (Å²) >= 11 is 0. The third-order valence-electron chi connectivity index (χ3n) is 4.46. The highest BCUT2D eigenvalue weighted by Crippen LogP contribution is 2.41. The first kappa shape index (κ1) is 12.1. The molecule has 1 aromatic rings. The molecule has 0 saturated carbocycles. The van der Waals surface area contributed by atoms with Crippen molar-refractivity contribution in [3.63, 3.8) is 0 Å². The number of piperidine rings is 1. The van der Waals surface area contributed by atoms with E-state index in [-0.39, 0.29) is 0 Å². The average molecular weight is 250 g/mol. The Hall–Kier alpha value is -0.940. The molecule has 3 rings (SSSR count). The van der Waals surface area contributed by atoms with Gasteiger partial charge in [-0.3, -0.25) is 0 Å². The molecule has 2 aliphatic heterocycles. The van der Waals surface area contributed by atoms with Crippen LogP contribution in [-0.2, 0) is 5.54 Å². The van der Waals surface area contributed by atoms with E-state index in [0.29, 0.717) is 23.9 Å². The van der Waals surface area contributed by atoms with E-state index in [0.717, 1.165) is 18.7 Å². The van der Waals surface area contributed by atoms with Crippen molar-refractivity contribution in [2.75, 3.05) is 7.05 Å². The Bertz CT molecular complexity index is 422. The summed E-state index contributed by atoms with van der Waals surface area (Å²) in [7, 11) is 2.24. The van der Waals surface area contributed by atoms with E-state index >= 15 is 0 Å². The van der Waals surface area contributed by atoms with E-state index in [1.54, 1.807) is 0 Å². The lowest BCUT2D eigenvalue weighted by Gasteiger charge is -2.34. The maximum absolute atomic E-state index is 5.98. The summed E-state index contributed by atoms with van der Waals surface area (Å²) in [6, 6.07) is 1.39. The zero-order valence-electron chi connectivity index (χ0n) is 11.4. The Balaban J connectivity index is 1.78. The zero-order chi connectivity index (χ0) is 12.9. The standard InChI is InChI=1S/C13H22N4O/c1-13(2,14)12-15-11(16-18-12)8-6-9-4-5-10(7-8)17(9)3/h8-10H,4-7,14H2,1-3H3. The number of hydrogen-bond acceptors (Lipinski definition) is 5. The first-order valence-corrected chi connectivity index (χ1v) is 6.80. The smallest absolute Gasteiger partial charge is 0.246 e. The molecule has 0 aromatic carbocycles. The second kappa shape index (κ2) is 4.03. The molecule has 3 heterocycles. The lowest BCUT2D eigenvalue weighted by atomic mass is 9.90. The van der Waals surface area contributed by atoms with Crippen LogP contribution in [0.5, 0.6) is 0 Å². The maximum Gasteiger partial charge on any atom is 0.246 e. The molecule has 100 valence electrons. The molecule has 2 atom stereocenters. The molecule has 2 unspecified atom stereocenters. The predicted octanol–water partition coefficient (Wildman–Crippen LogP) is 1.60. The van der Waals surface area contributed by atoms with Crippen molar-refractivity contribution >= 4 is 0 Å². The summed E-state index contributed by atoms with van der Waals surface area (Å²) in [6.45, 7) is 3.78. The van der Waals surface area contributed by atoms with E-state index in [4.69, 9.17) is 10.3 Å². The van der Waals surface area contributed by atoms with Crippen LogP contribution in [0, 0.1) is 0 Å². The minimum absolute atomic E-state index is 0.443. The van der Waals surface area contributed by atoms with Crippen LogP contribution in [0.4, 0.5) is 0 Å². The Kier molecular flexibility index (Phi) is 2.71. The highest BCUT2D eigenvalue weighted by atomic mass is 16.5. The highest BCUT2D eigenvalue weighted by molar-refractivity contribution is 5.07. The molecule has 2 bridgehead atoms. The van der Waals surface area contributed by atoms with E-state index in [1.165, 1.54) is 12.8 Å². The first-order valence-electron chi connectivity index (χ1n) is 6.80. The summed E-state index contributed by atoms with van der Waals surface area (Å²) in [5.74, 6) is 1.84.